The van der Waals surface area contributed by atoms with Crippen molar-refractivity contribution in [1.82, 2.24) is 15.5 Å². The van der Waals surface area contributed by atoms with Crippen LogP contribution in [0.4, 0.5) is 8.78 Å². The predicted octanol–water partition coefficient (Wildman–Crippen LogP) is 4.44. The molecule has 37 heavy (non-hydrogen) atoms. The van der Waals surface area contributed by atoms with Gasteiger partial charge in [-0.1, -0.05) is 35.9 Å². The fraction of sp³-hybridized carbons (Fsp3) is 0.321. The van der Waals surface area contributed by atoms with Crippen molar-refractivity contribution in [3.05, 3.63) is 94.0 Å². The molecule has 0 saturated carbocycles. The van der Waals surface area contributed by atoms with Gasteiger partial charge in [-0.15, -0.1) is 0 Å². The van der Waals surface area contributed by atoms with Crippen LogP contribution in [-0.4, -0.2) is 42.8 Å². The monoisotopic (exact) mass is 527 g/mol. The van der Waals surface area contributed by atoms with Gasteiger partial charge < -0.3 is 20.1 Å². The van der Waals surface area contributed by atoms with E-state index in [-0.39, 0.29) is 31.3 Å². The van der Waals surface area contributed by atoms with E-state index in [0.29, 0.717) is 43.1 Å². The van der Waals surface area contributed by atoms with Crippen molar-refractivity contribution < 1.29 is 23.0 Å². The Labute approximate surface area is 219 Å². The number of carbonyl (C=O) groups is 1. The molecule has 0 spiro atoms. The minimum atomic E-state index is -0.604. The van der Waals surface area contributed by atoms with E-state index in [9.17, 15) is 13.6 Å². The van der Waals surface area contributed by atoms with Crippen molar-refractivity contribution in [2.75, 3.05) is 19.9 Å². The molecule has 6 nitrogen and oxygen atoms in total. The van der Waals surface area contributed by atoms with E-state index in [1.165, 1.54) is 12.1 Å². The number of hydrogen-bond donors (Lipinski definition) is 2. The number of fused-ring (bicyclic) bond motifs is 1. The Hall–Kier alpha value is -3.20. The van der Waals surface area contributed by atoms with Crippen LogP contribution in [0.15, 0.2) is 60.7 Å². The normalized spacial score (nSPS) is 18.8. The SMILES string of the molecule is O=C(NCCc1ccc2c(c1)OCO2)[C@@H]1C[C@H](NCc2ccc(F)cc2F)CN1Cc1cccc(Cl)c1. The standard InChI is InChI=1S/C28H28ClF2N3O3/c29-21-3-1-2-19(10-21)15-34-16-23(33-14-20-5-6-22(30)12-24(20)31)13-25(34)28(35)32-9-8-18-4-7-26-27(11-18)37-17-36-26/h1-7,10-12,23,25,33H,8-9,13-17H2,(H,32,35)/t23-,25-/m0/s1. The Morgan fingerprint density at radius 2 is 1.89 bits per heavy atom. The number of rotatable bonds is 9. The lowest BCUT2D eigenvalue weighted by molar-refractivity contribution is -0.125. The Morgan fingerprint density at radius 3 is 2.73 bits per heavy atom. The molecule has 2 atom stereocenters. The van der Waals surface area contributed by atoms with Crippen LogP contribution in [0, 0.1) is 11.6 Å². The van der Waals surface area contributed by atoms with Crippen molar-refractivity contribution in [3.8, 4) is 11.5 Å². The van der Waals surface area contributed by atoms with Gasteiger partial charge in [0.1, 0.15) is 11.6 Å². The van der Waals surface area contributed by atoms with E-state index in [1.807, 2.05) is 42.5 Å². The third kappa shape index (κ3) is 6.39. The van der Waals surface area contributed by atoms with Gasteiger partial charge in [0.2, 0.25) is 12.7 Å². The van der Waals surface area contributed by atoms with Gasteiger partial charge >= 0.3 is 0 Å². The van der Waals surface area contributed by atoms with Gasteiger partial charge in [0.05, 0.1) is 6.04 Å². The lowest BCUT2D eigenvalue weighted by Gasteiger charge is -2.23. The molecule has 3 aromatic rings. The van der Waals surface area contributed by atoms with Crippen LogP contribution in [0.1, 0.15) is 23.1 Å². The summed E-state index contributed by atoms with van der Waals surface area (Å²) in [6.07, 6.45) is 1.23. The molecule has 0 aromatic heterocycles. The average Bonchev–Trinajstić information content (AvgIpc) is 3.50. The Balaban J connectivity index is 1.21. The molecule has 1 fully saturated rings. The molecule has 2 aliphatic rings. The van der Waals surface area contributed by atoms with Gasteiger partial charge in [0, 0.05) is 48.9 Å². The highest BCUT2D eigenvalue weighted by Gasteiger charge is 2.36. The molecule has 1 saturated heterocycles. The molecule has 0 radical (unpaired) electrons. The van der Waals surface area contributed by atoms with Crippen molar-refractivity contribution in [2.24, 2.45) is 0 Å². The molecule has 1 amide bonds. The average molecular weight is 528 g/mol. The van der Waals surface area contributed by atoms with Crippen LogP contribution < -0.4 is 20.1 Å². The fourth-order valence-electron chi connectivity index (χ4n) is 4.83. The van der Waals surface area contributed by atoms with Crippen LogP contribution in [0.25, 0.3) is 0 Å². The Bertz CT molecular complexity index is 1280. The lowest BCUT2D eigenvalue weighted by atomic mass is 10.1. The summed E-state index contributed by atoms with van der Waals surface area (Å²) in [5.41, 5.74) is 2.45. The maximum atomic E-state index is 14.1. The van der Waals surface area contributed by atoms with E-state index in [1.54, 1.807) is 0 Å². The zero-order chi connectivity index (χ0) is 25.8. The van der Waals surface area contributed by atoms with E-state index in [4.69, 9.17) is 21.1 Å². The molecular weight excluding hydrogens is 500 g/mol. The number of ether oxygens (including phenoxy) is 2. The van der Waals surface area contributed by atoms with E-state index < -0.39 is 11.6 Å². The van der Waals surface area contributed by atoms with Crippen molar-refractivity contribution in [1.29, 1.82) is 0 Å². The highest BCUT2D eigenvalue weighted by molar-refractivity contribution is 6.30. The van der Waals surface area contributed by atoms with Gasteiger partial charge in [0.15, 0.2) is 11.5 Å². The second kappa shape index (κ2) is 11.5. The topological polar surface area (TPSA) is 62.8 Å². The van der Waals surface area contributed by atoms with Gasteiger partial charge in [-0.3, -0.25) is 9.69 Å². The fourth-order valence-corrected chi connectivity index (χ4v) is 5.05. The number of hydrogen-bond acceptors (Lipinski definition) is 5. The first-order valence-corrected chi connectivity index (χ1v) is 12.6. The van der Waals surface area contributed by atoms with E-state index in [0.717, 1.165) is 28.7 Å². The summed E-state index contributed by atoms with van der Waals surface area (Å²) < 4.78 is 38.1. The zero-order valence-electron chi connectivity index (χ0n) is 20.2. The van der Waals surface area contributed by atoms with Crippen LogP contribution in [-0.2, 0) is 24.3 Å². The second-order valence-corrected chi connectivity index (χ2v) is 9.79. The molecular formula is C28H28ClF2N3O3. The van der Waals surface area contributed by atoms with Gasteiger partial charge in [0.25, 0.3) is 0 Å². The van der Waals surface area contributed by atoms with Gasteiger partial charge in [-0.25, -0.2) is 8.78 Å². The minimum absolute atomic E-state index is 0.0340. The maximum Gasteiger partial charge on any atom is 0.237 e. The first kappa shape index (κ1) is 25.4. The van der Waals surface area contributed by atoms with Crippen molar-refractivity contribution in [3.63, 3.8) is 0 Å². The van der Waals surface area contributed by atoms with Gasteiger partial charge in [-0.2, -0.15) is 0 Å². The van der Waals surface area contributed by atoms with Crippen LogP contribution in [0.2, 0.25) is 5.02 Å². The number of carbonyl (C=O) groups excluding carboxylic acids is 1. The molecule has 5 rings (SSSR count). The van der Waals surface area contributed by atoms with Crippen LogP contribution in [0.5, 0.6) is 11.5 Å². The summed E-state index contributed by atoms with van der Waals surface area (Å²) in [4.78, 5) is 15.4. The van der Waals surface area contributed by atoms with Crippen molar-refractivity contribution in [2.45, 2.75) is 38.0 Å². The highest BCUT2D eigenvalue weighted by atomic mass is 35.5. The molecule has 194 valence electrons. The smallest absolute Gasteiger partial charge is 0.237 e. The number of benzene rings is 3. The number of halogens is 3. The van der Waals surface area contributed by atoms with Crippen molar-refractivity contribution >= 4 is 17.5 Å². The summed E-state index contributed by atoms with van der Waals surface area (Å²) in [7, 11) is 0. The number of likely N-dealkylation sites (tertiary alicyclic amines) is 1. The Morgan fingerprint density at radius 1 is 1.03 bits per heavy atom. The maximum absolute atomic E-state index is 14.1. The van der Waals surface area contributed by atoms with E-state index >= 15 is 0 Å². The summed E-state index contributed by atoms with van der Waals surface area (Å²) in [6, 6.07) is 16.5. The summed E-state index contributed by atoms with van der Waals surface area (Å²) >= 11 is 6.17. The highest BCUT2D eigenvalue weighted by Crippen LogP contribution is 2.32. The first-order chi connectivity index (χ1) is 17.9. The minimum Gasteiger partial charge on any atom is -0.454 e. The first-order valence-electron chi connectivity index (χ1n) is 12.3. The third-order valence-corrected chi connectivity index (χ3v) is 6.96. The number of nitrogens with one attached hydrogen (secondary N) is 2. The second-order valence-electron chi connectivity index (χ2n) is 9.35. The molecule has 2 aliphatic heterocycles. The van der Waals surface area contributed by atoms with E-state index in [2.05, 4.69) is 15.5 Å². The Kier molecular flexibility index (Phi) is 7.88. The predicted molar refractivity (Wildman–Crippen MR) is 137 cm³/mol. The molecule has 2 N–H and O–H groups in total. The molecule has 2 heterocycles. The quantitative estimate of drug-likeness (QED) is 0.431. The van der Waals surface area contributed by atoms with Crippen LogP contribution in [0.3, 0.4) is 0 Å². The zero-order valence-corrected chi connectivity index (χ0v) is 20.9. The molecule has 0 unspecified atom stereocenters. The largest absolute Gasteiger partial charge is 0.454 e. The van der Waals surface area contributed by atoms with Crippen LogP contribution >= 0.6 is 11.6 Å². The third-order valence-electron chi connectivity index (χ3n) is 6.73. The molecule has 0 bridgehead atoms. The van der Waals surface area contributed by atoms with Gasteiger partial charge in [-0.05, 0) is 54.3 Å². The number of amides is 1. The summed E-state index contributed by atoms with van der Waals surface area (Å²) in [6.45, 7) is 2.13. The number of nitrogens with zero attached hydrogens (tertiary/aromatic N) is 1. The lowest BCUT2D eigenvalue weighted by Crippen LogP contribution is -2.43. The molecule has 9 heteroatoms. The molecule has 0 aliphatic carbocycles. The summed E-state index contributed by atoms with van der Waals surface area (Å²) in [5, 5.41) is 7.05. The summed E-state index contributed by atoms with van der Waals surface area (Å²) in [5.74, 6) is 0.208. The molecule has 3 aromatic carbocycles.